The first kappa shape index (κ1) is 27.1. The fourth-order valence-electron chi connectivity index (χ4n) is 4.36. The smallest absolute Gasteiger partial charge is 0.449 e. The third kappa shape index (κ3) is 6.59. The van der Waals surface area contributed by atoms with Crippen LogP contribution in [-0.2, 0) is 4.74 Å². The van der Waals surface area contributed by atoms with Gasteiger partial charge in [0.1, 0.15) is 10.8 Å². The molecule has 3 aromatic carbocycles. The number of carbonyl (C=O) groups excluding carboxylic acids is 1. The number of halogens is 2. The van der Waals surface area contributed by atoms with E-state index < -0.39 is 6.16 Å². The SMILES string of the molecule is O=C(O)Oc1cc(-c2nc(-c3ccc(Cl)c(Cl)c3)cs2)ccc1-c1ccc(C(=O)NCC2CCOCC2)cc1. The molecule has 0 bridgehead atoms. The summed E-state index contributed by atoms with van der Waals surface area (Å²) in [6.45, 7) is 2.08. The molecular weight excluding hydrogens is 559 g/mol. The Balaban J connectivity index is 1.35. The number of thiazole rings is 1. The highest BCUT2D eigenvalue weighted by atomic mass is 35.5. The predicted molar refractivity (Wildman–Crippen MR) is 153 cm³/mol. The van der Waals surface area contributed by atoms with E-state index in [9.17, 15) is 14.7 Å². The highest BCUT2D eigenvalue weighted by Gasteiger charge is 2.17. The van der Waals surface area contributed by atoms with E-state index >= 15 is 0 Å². The normalized spacial score (nSPS) is 13.7. The summed E-state index contributed by atoms with van der Waals surface area (Å²) in [4.78, 5) is 28.8. The van der Waals surface area contributed by atoms with Crippen molar-refractivity contribution >= 4 is 46.6 Å². The van der Waals surface area contributed by atoms with Crippen LogP contribution in [0, 0.1) is 5.92 Å². The van der Waals surface area contributed by atoms with Crippen LogP contribution in [0.25, 0.3) is 33.0 Å². The zero-order valence-corrected chi connectivity index (χ0v) is 23.0. The molecule has 1 amide bonds. The Kier molecular flexibility index (Phi) is 8.47. The van der Waals surface area contributed by atoms with Gasteiger partial charge in [-0.15, -0.1) is 11.3 Å². The van der Waals surface area contributed by atoms with E-state index in [1.165, 1.54) is 11.3 Å². The summed E-state index contributed by atoms with van der Waals surface area (Å²) >= 11 is 13.6. The van der Waals surface area contributed by atoms with E-state index in [1.54, 1.807) is 48.5 Å². The number of rotatable bonds is 7. The number of carboxylic acid groups (broad SMARTS) is 1. The molecule has 0 aliphatic carbocycles. The molecule has 0 unspecified atom stereocenters. The van der Waals surface area contributed by atoms with Crippen molar-refractivity contribution in [1.82, 2.24) is 10.3 Å². The van der Waals surface area contributed by atoms with Crippen molar-refractivity contribution in [3.63, 3.8) is 0 Å². The maximum absolute atomic E-state index is 12.6. The van der Waals surface area contributed by atoms with E-state index in [0.717, 1.165) is 42.9 Å². The van der Waals surface area contributed by atoms with E-state index in [4.69, 9.17) is 32.7 Å². The minimum atomic E-state index is -1.42. The Hall–Kier alpha value is -3.43. The molecule has 0 spiro atoms. The number of nitrogens with one attached hydrogen (secondary N) is 1. The van der Waals surface area contributed by atoms with Crippen LogP contribution in [0.3, 0.4) is 0 Å². The first-order valence-electron chi connectivity index (χ1n) is 12.3. The average molecular weight is 583 g/mol. The van der Waals surface area contributed by atoms with Crippen LogP contribution in [0.1, 0.15) is 23.2 Å². The molecule has 2 N–H and O–H groups in total. The van der Waals surface area contributed by atoms with Crippen LogP contribution in [0.15, 0.2) is 66.0 Å². The molecule has 1 saturated heterocycles. The van der Waals surface area contributed by atoms with Crippen molar-refractivity contribution in [1.29, 1.82) is 0 Å². The largest absolute Gasteiger partial charge is 0.511 e. The standard InChI is InChI=1S/C29H24Cl2N2O5S/c30-23-8-6-20(13-24(23)31)25-16-39-28(33-25)21-5-7-22(26(14-21)38-29(35)36)18-1-3-19(4-2-18)27(34)32-15-17-9-11-37-12-10-17/h1-8,13-14,16-17H,9-12,15H2,(H,32,34)(H,35,36). The molecular formula is C29H24Cl2N2O5S. The summed E-state index contributed by atoms with van der Waals surface area (Å²) in [6, 6.07) is 17.6. The molecule has 1 aliphatic rings. The van der Waals surface area contributed by atoms with Crippen LogP contribution in [-0.4, -0.2) is 41.9 Å². The molecule has 1 aromatic heterocycles. The Labute approximate surface area is 239 Å². The average Bonchev–Trinajstić information content (AvgIpc) is 3.44. The molecule has 0 radical (unpaired) electrons. The predicted octanol–water partition coefficient (Wildman–Crippen LogP) is 7.66. The summed E-state index contributed by atoms with van der Waals surface area (Å²) in [5.74, 6) is 0.448. The zero-order valence-electron chi connectivity index (χ0n) is 20.7. The molecule has 0 atom stereocenters. The van der Waals surface area contributed by atoms with Gasteiger partial charge in [0.25, 0.3) is 5.91 Å². The second-order valence-corrected chi connectivity index (χ2v) is 10.8. The van der Waals surface area contributed by atoms with Gasteiger partial charge in [-0.3, -0.25) is 4.79 Å². The lowest BCUT2D eigenvalue weighted by atomic mass is 9.99. The maximum Gasteiger partial charge on any atom is 0.511 e. The molecule has 1 fully saturated rings. The third-order valence-corrected chi connectivity index (χ3v) is 8.13. The summed E-state index contributed by atoms with van der Waals surface area (Å²) < 4.78 is 10.5. The quantitative estimate of drug-likeness (QED) is 0.171. The second kappa shape index (κ2) is 12.2. The van der Waals surface area contributed by atoms with Gasteiger partial charge in [0, 0.05) is 47.4 Å². The summed E-state index contributed by atoms with van der Waals surface area (Å²) in [7, 11) is 0. The minimum Gasteiger partial charge on any atom is -0.449 e. The third-order valence-electron chi connectivity index (χ3n) is 6.50. The Morgan fingerprint density at radius 1 is 0.974 bits per heavy atom. The van der Waals surface area contributed by atoms with Gasteiger partial charge in [-0.25, -0.2) is 9.78 Å². The van der Waals surface area contributed by atoms with Gasteiger partial charge in [0.15, 0.2) is 0 Å². The monoisotopic (exact) mass is 582 g/mol. The molecule has 1 aliphatic heterocycles. The summed E-state index contributed by atoms with van der Waals surface area (Å²) in [6.07, 6.45) is 0.465. The topological polar surface area (TPSA) is 97.8 Å². The lowest BCUT2D eigenvalue weighted by molar-refractivity contribution is 0.0642. The van der Waals surface area contributed by atoms with Crippen LogP contribution < -0.4 is 10.1 Å². The fraction of sp³-hybridized carbons (Fsp3) is 0.207. The Morgan fingerprint density at radius 2 is 1.69 bits per heavy atom. The van der Waals surface area contributed by atoms with Gasteiger partial charge >= 0.3 is 6.16 Å². The van der Waals surface area contributed by atoms with E-state index in [0.29, 0.717) is 44.2 Å². The van der Waals surface area contributed by atoms with E-state index in [2.05, 4.69) is 10.3 Å². The van der Waals surface area contributed by atoms with Crippen LogP contribution in [0.2, 0.25) is 10.0 Å². The van der Waals surface area contributed by atoms with Gasteiger partial charge in [0.2, 0.25) is 0 Å². The molecule has 5 rings (SSSR count). The molecule has 39 heavy (non-hydrogen) atoms. The summed E-state index contributed by atoms with van der Waals surface area (Å²) in [5, 5.41) is 15.8. The van der Waals surface area contributed by atoms with Gasteiger partial charge in [-0.05, 0) is 60.7 Å². The van der Waals surface area contributed by atoms with Crippen LogP contribution in [0.5, 0.6) is 5.75 Å². The van der Waals surface area contributed by atoms with Crippen molar-refractivity contribution in [2.75, 3.05) is 19.8 Å². The van der Waals surface area contributed by atoms with E-state index in [-0.39, 0.29) is 11.7 Å². The molecule has 200 valence electrons. The van der Waals surface area contributed by atoms with Crippen LogP contribution in [0.4, 0.5) is 4.79 Å². The summed E-state index contributed by atoms with van der Waals surface area (Å²) in [5.41, 5.74) is 4.08. The van der Waals surface area contributed by atoms with Crippen molar-refractivity contribution < 1.29 is 24.2 Å². The number of hydrogen-bond acceptors (Lipinski definition) is 6. The number of benzene rings is 3. The molecule has 7 nitrogen and oxygen atoms in total. The second-order valence-electron chi connectivity index (χ2n) is 9.09. The lowest BCUT2D eigenvalue weighted by Crippen LogP contribution is -2.32. The highest BCUT2D eigenvalue weighted by Crippen LogP contribution is 2.37. The highest BCUT2D eigenvalue weighted by molar-refractivity contribution is 7.13. The van der Waals surface area contributed by atoms with Crippen LogP contribution >= 0.6 is 34.5 Å². The lowest BCUT2D eigenvalue weighted by Gasteiger charge is -2.22. The Morgan fingerprint density at radius 3 is 2.41 bits per heavy atom. The van der Waals surface area contributed by atoms with E-state index in [1.807, 2.05) is 17.5 Å². The maximum atomic E-state index is 12.6. The number of amides is 1. The number of aromatic nitrogens is 1. The number of hydrogen-bond donors (Lipinski definition) is 2. The fourth-order valence-corrected chi connectivity index (χ4v) is 5.48. The zero-order chi connectivity index (χ0) is 27.4. The first-order chi connectivity index (χ1) is 18.9. The van der Waals surface area contributed by atoms with Crippen molar-refractivity contribution in [2.45, 2.75) is 12.8 Å². The number of nitrogens with zero attached hydrogens (tertiary/aromatic N) is 1. The molecule has 2 heterocycles. The number of ether oxygens (including phenoxy) is 2. The van der Waals surface area contributed by atoms with Crippen molar-refractivity contribution in [2.24, 2.45) is 5.92 Å². The van der Waals surface area contributed by atoms with Crippen molar-refractivity contribution in [3.8, 4) is 38.7 Å². The first-order valence-corrected chi connectivity index (χ1v) is 13.9. The van der Waals surface area contributed by atoms with Gasteiger partial charge in [0.05, 0.1) is 15.7 Å². The Bertz CT molecular complexity index is 1500. The van der Waals surface area contributed by atoms with Gasteiger partial charge < -0.3 is 19.9 Å². The molecule has 4 aromatic rings. The number of carbonyl (C=O) groups is 2. The molecule has 0 saturated carbocycles. The minimum absolute atomic E-state index is 0.146. The molecule has 10 heteroatoms. The van der Waals surface area contributed by atoms with Crippen molar-refractivity contribution in [3.05, 3.63) is 81.7 Å². The van der Waals surface area contributed by atoms with Gasteiger partial charge in [-0.1, -0.05) is 47.5 Å². The van der Waals surface area contributed by atoms with Gasteiger partial charge in [-0.2, -0.15) is 0 Å².